The lowest BCUT2D eigenvalue weighted by atomic mass is 10.1. The lowest BCUT2D eigenvalue weighted by Crippen LogP contribution is -2.32. The summed E-state index contributed by atoms with van der Waals surface area (Å²) in [5.74, 6) is -1.76. The van der Waals surface area contributed by atoms with Gasteiger partial charge in [-0.1, -0.05) is 42.0 Å². The number of ether oxygens (including phenoxy) is 2. The molecule has 2 N–H and O–H groups in total. The van der Waals surface area contributed by atoms with E-state index >= 15 is 0 Å². The number of halogens is 2. The number of hydrazone groups is 1. The smallest absolute Gasteiger partial charge is 0.329 e. The highest BCUT2D eigenvalue weighted by Crippen LogP contribution is 2.36. The second-order valence-corrected chi connectivity index (χ2v) is 7.80. The first-order valence-corrected chi connectivity index (χ1v) is 10.6. The third kappa shape index (κ3) is 6.63. The van der Waals surface area contributed by atoms with Gasteiger partial charge in [-0.2, -0.15) is 5.10 Å². The molecule has 0 aromatic heterocycles. The third-order valence-electron chi connectivity index (χ3n) is 4.43. The van der Waals surface area contributed by atoms with Gasteiger partial charge in [-0.25, -0.2) is 9.82 Å². The zero-order valence-corrected chi connectivity index (χ0v) is 19.5. The Labute approximate surface area is 198 Å². The Bertz CT molecular complexity index is 1200. The number of hydrogen-bond acceptors (Lipinski definition) is 5. The number of methoxy groups -OCH3 is 1. The van der Waals surface area contributed by atoms with E-state index in [1.54, 1.807) is 12.1 Å². The molecule has 0 unspecified atom stereocenters. The SMILES string of the molecule is COc1cc(/C=N/NC(=O)C(=O)Nc2ccccc2F)cc(Br)c1OCc1cccc(C)c1. The molecule has 3 rings (SSSR count). The van der Waals surface area contributed by atoms with E-state index < -0.39 is 17.6 Å². The fourth-order valence-corrected chi connectivity index (χ4v) is 3.44. The Hall–Kier alpha value is -3.72. The van der Waals surface area contributed by atoms with Crippen molar-refractivity contribution in [2.24, 2.45) is 5.10 Å². The molecule has 33 heavy (non-hydrogen) atoms. The normalized spacial score (nSPS) is 10.7. The van der Waals surface area contributed by atoms with E-state index in [0.717, 1.165) is 11.1 Å². The van der Waals surface area contributed by atoms with Crippen molar-refractivity contribution < 1.29 is 23.5 Å². The van der Waals surface area contributed by atoms with Crippen LogP contribution in [0.25, 0.3) is 0 Å². The summed E-state index contributed by atoms with van der Waals surface area (Å²) in [5.41, 5.74) is 4.74. The summed E-state index contributed by atoms with van der Waals surface area (Å²) >= 11 is 3.46. The first kappa shape index (κ1) is 23.9. The molecule has 0 saturated heterocycles. The summed E-state index contributed by atoms with van der Waals surface area (Å²) in [5, 5.41) is 5.96. The van der Waals surface area contributed by atoms with Gasteiger partial charge in [-0.05, 0) is 58.2 Å². The fraction of sp³-hybridized carbons (Fsp3) is 0.125. The number of aryl methyl sites for hydroxylation is 1. The molecule has 170 valence electrons. The van der Waals surface area contributed by atoms with Gasteiger partial charge in [-0.15, -0.1) is 0 Å². The molecule has 0 fully saturated rings. The summed E-state index contributed by atoms with van der Waals surface area (Å²) < 4.78 is 25.6. The van der Waals surface area contributed by atoms with Crippen LogP contribution in [0.4, 0.5) is 10.1 Å². The number of para-hydroxylation sites is 1. The van der Waals surface area contributed by atoms with Crippen molar-refractivity contribution in [2.75, 3.05) is 12.4 Å². The van der Waals surface area contributed by atoms with Crippen molar-refractivity contribution in [2.45, 2.75) is 13.5 Å². The number of nitrogens with one attached hydrogen (secondary N) is 2. The maximum absolute atomic E-state index is 13.6. The van der Waals surface area contributed by atoms with E-state index in [9.17, 15) is 14.0 Å². The quantitative estimate of drug-likeness (QED) is 0.275. The van der Waals surface area contributed by atoms with Crippen molar-refractivity contribution in [3.63, 3.8) is 0 Å². The van der Waals surface area contributed by atoms with Crippen LogP contribution in [0.2, 0.25) is 0 Å². The molecule has 0 heterocycles. The molecular formula is C24H21BrFN3O4. The van der Waals surface area contributed by atoms with Crippen LogP contribution in [0.5, 0.6) is 11.5 Å². The lowest BCUT2D eigenvalue weighted by Gasteiger charge is -2.14. The average molecular weight is 514 g/mol. The second kappa shape index (κ2) is 11.2. The zero-order chi connectivity index (χ0) is 23.8. The van der Waals surface area contributed by atoms with Crippen molar-refractivity contribution in [3.05, 3.63) is 87.6 Å². The molecular weight excluding hydrogens is 493 g/mol. The van der Waals surface area contributed by atoms with Crippen molar-refractivity contribution >= 4 is 39.6 Å². The Morgan fingerprint density at radius 1 is 1.09 bits per heavy atom. The average Bonchev–Trinajstić information content (AvgIpc) is 2.79. The van der Waals surface area contributed by atoms with E-state index in [2.05, 4.69) is 31.8 Å². The first-order valence-electron chi connectivity index (χ1n) is 9.82. The van der Waals surface area contributed by atoms with E-state index in [1.165, 1.54) is 37.6 Å². The van der Waals surface area contributed by atoms with Crippen LogP contribution in [0.15, 0.2) is 70.2 Å². The molecule has 3 aromatic rings. The summed E-state index contributed by atoms with van der Waals surface area (Å²) in [7, 11) is 1.51. The minimum Gasteiger partial charge on any atom is -0.493 e. The largest absolute Gasteiger partial charge is 0.493 e. The lowest BCUT2D eigenvalue weighted by molar-refractivity contribution is -0.136. The van der Waals surface area contributed by atoms with E-state index in [4.69, 9.17) is 9.47 Å². The fourth-order valence-electron chi connectivity index (χ4n) is 2.87. The van der Waals surface area contributed by atoms with Gasteiger partial charge in [0.05, 0.1) is 23.5 Å². The van der Waals surface area contributed by atoms with Gasteiger partial charge >= 0.3 is 11.8 Å². The second-order valence-electron chi connectivity index (χ2n) is 6.94. The van der Waals surface area contributed by atoms with Crippen molar-refractivity contribution in [1.82, 2.24) is 5.43 Å². The maximum Gasteiger partial charge on any atom is 0.329 e. The number of amides is 2. The summed E-state index contributed by atoms with van der Waals surface area (Å²) in [6, 6.07) is 16.9. The Balaban J connectivity index is 1.63. The number of benzene rings is 3. The van der Waals surface area contributed by atoms with Gasteiger partial charge in [0.15, 0.2) is 11.5 Å². The highest BCUT2D eigenvalue weighted by molar-refractivity contribution is 9.10. The van der Waals surface area contributed by atoms with Gasteiger partial charge < -0.3 is 14.8 Å². The van der Waals surface area contributed by atoms with Crippen molar-refractivity contribution in [3.8, 4) is 11.5 Å². The zero-order valence-electron chi connectivity index (χ0n) is 17.9. The highest BCUT2D eigenvalue weighted by Gasteiger charge is 2.15. The molecule has 9 heteroatoms. The molecule has 2 amide bonds. The number of nitrogens with zero attached hydrogens (tertiary/aromatic N) is 1. The standard InChI is InChI=1S/C24H21BrFN3O4/c1-15-6-5-7-16(10-15)14-33-22-18(25)11-17(12-21(22)32-2)13-27-29-24(31)23(30)28-20-9-4-3-8-19(20)26/h3-13H,14H2,1-2H3,(H,28,30)(H,29,31)/b27-13+. The van der Waals surface area contributed by atoms with Gasteiger partial charge in [0.1, 0.15) is 12.4 Å². The first-order chi connectivity index (χ1) is 15.9. The molecule has 0 spiro atoms. The topological polar surface area (TPSA) is 89.0 Å². The van der Waals surface area contributed by atoms with E-state index in [-0.39, 0.29) is 5.69 Å². The summed E-state index contributed by atoms with van der Waals surface area (Å²) in [4.78, 5) is 23.8. The van der Waals surface area contributed by atoms with Crippen LogP contribution < -0.4 is 20.2 Å². The molecule has 3 aromatic carbocycles. The Morgan fingerprint density at radius 3 is 2.61 bits per heavy atom. The Morgan fingerprint density at radius 2 is 1.88 bits per heavy atom. The van der Waals surface area contributed by atoms with Gasteiger partial charge in [-0.3, -0.25) is 9.59 Å². The van der Waals surface area contributed by atoms with Crippen molar-refractivity contribution in [1.29, 1.82) is 0 Å². The van der Waals surface area contributed by atoms with Gasteiger partial charge in [0, 0.05) is 0 Å². The number of rotatable bonds is 7. The van der Waals surface area contributed by atoms with E-state index in [1.807, 2.05) is 31.2 Å². The minimum atomic E-state index is -1.05. The molecule has 0 aliphatic rings. The van der Waals surface area contributed by atoms with Gasteiger partial charge in [0.25, 0.3) is 0 Å². The number of carbonyl (C=O) groups is 2. The molecule has 0 atom stereocenters. The maximum atomic E-state index is 13.6. The number of anilines is 1. The predicted octanol–water partition coefficient (Wildman–Crippen LogP) is 4.57. The van der Waals surface area contributed by atoms with Crippen LogP contribution >= 0.6 is 15.9 Å². The third-order valence-corrected chi connectivity index (χ3v) is 5.01. The molecule has 0 aliphatic carbocycles. The minimum absolute atomic E-state index is 0.100. The highest BCUT2D eigenvalue weighted by atomic mass is 79.9. The molecule has 7 nitrogen and oxygen atoms in total. The van der Waals surface area contributed by atoms with Crippen LogP contribution in [0.3, 0.4) is 0 Å². The van der Waals surface area contributed by atoms with Gasteiger partial charge in [0.2, 0.25) is 0 Å². The Kier molecular flexibility index (Phi) is 8.15. The van der Waals surface area contributed by atoms with E-state index in [0.29, 0.717) is 28.1 Å². The molecule has 0 saturated carbocycles. The van der Waals surface area contributed by atoms with Crippen LogP contribution in [-0.4, -0.2) is 25.1 Å². The predicted molar refractivity (Wildman–Crippen MR) is 127 cm³/mol. The number of hydrogen-bond donors (Lipinski definition) is 2. The summed E-state index contributed by atoms with van der Waals surface area (Å²) in [6.45, 7) is 2.37. The van der Waals surface area contributed by atoms with Crippen LogP contribution in [0.1, 0.15) is 16.7 Å². The van der Waals surface area contributed by atoms with Crippen LogP contribution in [-0.2, 0) is 16.2 Å². The monoisotopic (exact) mass is 513 g/mol. The number of carbonyl (C=O) groups excluding carboxylic acids is 2. The molecule has 0 radical (unpaired) electrons. The molecule has 0 bridgehead atoms. The van der Waals surface area contributed by atoms with Crippen LogP contribution in [0, 0.1) is 12.7 Å². The molecule has 0 aliphatic heterocycles. The summed E-state index contributed by atoms with van der Waals surface area (Å²) in [6.07, 6.45) is 1.34.